The van der Waals surface area contributed by atoms with E-state index in [0.717, 1.165) is 0 Å². The number of hydrogen-bond donors (Lipinski definition) is 3. The van der Waals surface area contributed by atoms with E-state index in [1.807, 2.05) is 13.8 Å². The number of aryl methyl sites for hydroxylation is 1. The Morgan fingerprint density at radius 2 is 2.09 bits per heavy atom. The first kappa shape index (κ1) is 16.3. The standard InChI is InChI=1S/C15H21F3N4O/c1-8(2)11-10(9(3)21-22-11)12(23)20-6-13-4-14(13,7-19-5-13)15(16,17)18/h8,19H,4-7H2,1-3H3,(H,20,23)(H,21,22)/t13-,14-/m1/s1. The highest BCUT2D eigenvalue weighted by molar-refractivity contribution is 5.96. The van der Waals surface area contributed by atoms with E-state index in [1.165, 1.54) is 0 Å². The zero-order chi connectivity index (χ0) is 17.0. The predicted octanol–water partition coefficient (Wildman–Crippen LogP) is 2.11. The number of H-pyrrole nitrogens is 1. The number of rotatable bonds is 4. The van der Waals surface area contributed by atoms with Crippen molar-refractivity contribution in [2.45, 2.75) is 39.3 Å². The van der Waals surface area contributed by atoms with Crippen molar-refractivity contribution in [2.75, 3.05) is 19.6 Å². The second-order valence-electron chi connectivity index (χ2n) is 7.09. The zero-order valence-electron chi connectivity index (χ0n) is 13.4. The third-order valence-electron chi connectivity index (χ3n) is 5.30. The Labute approximate surface area is 132 Å². The second kappa shape index (κ2) is 4.96. The molecule has 1 aliphatic carbocycles. The SMILES string of the molecule is Cc1[nH]nc(C(C)C)c1C(=O)NC[C@@]12CNC[C@]1(C(F)(F)F)C2. The van der Waals surface area contributed by atoms with E-state index in [9.17, 15) is 18.0 Å². The fourth-order valence-corrected chi connectivity index (χ4v) is 3.82. The van der Waals surface area contributed by atoms with Gasteiger partial charge in [-0.25, -0.2) is 0 Å². The van der Waals surface area contributed by atoms with E-state index in [2.05, 4.69) is 20.8 Å². The largest absolute Gasteiger partial charge is 0.396 e. The maximum atomic E-state index is 13.3. The van der Waals surface area contributed by atoms with Crippen LogP contribution in [0.3, 0.4) is 0 Å². The van der Waals surface area contributed by atoms with Gasteiger partial charge in [-0.3, -0.25) is 9.89 Å². The van der Waals surface area contributed by atoms with Crippen LogP contribution in [0.15, 0.2) is 0 Å². The molecule has 8 heteroatoms. The van der Waals surface area contributed by atoms with Crippen LogP contribution < -0.4 is 10.6 Å². The highest BCUT2D eigenvalue weighted by Gasteiger charge is 2.81. The van der Waals surface area contributed by atoms with Crippen molar-refractivity contribution in [3.8, 4) is 0 Å². The number of halogens is 3. The van der Waals surface area contributed by atoms with Crippen molar-refractivity contribution in [1.29, 1.82) is 0 Å². The molecule has 2 atom stereocenters. The molecule has 1 aromatic rings. The molecule has 3 rings (SSSR count). The van der Waals surface area contributed by atoms with E-state index in [1.54, 1.807) is 6.92 Å². The highest BCUT2D eigenvalue weighted by Crippen LogP contribution is 2.72. The summed E-state index contributed by atoms with van der Waals surface area (Å²) < 4.78 is 39.9. The van der Waals surface area contributed by atoms with E-state index in [0.29, 0.717) is 17.0 Å². The van der Waals surface area contributed by atoms with Gasteiger partial charge in [0.25, 0.3) is 5.91 Å². The van der Waals surface area contributed by atoms with Crippen LogP contribution in [-0.4, -0.2) is 41.9 Å². The average molecular weight is 330 g/mol. The minimum absolute atomic E-state index is 0.0283. The Morgan fingerprint density at radius 3 is 2.65 bits per heavy atom. The van der Waals surface area contributed by atoms with Gasteiger partial charge in [-0.1, -0.05) is 13.8 Å². The lowest BCUT2D eigenvalue weighted by Gasteiger charge is -2.21. The molecule has 1 saturated carbocycles. The van der Waals surface area contributed by atoms with Crippen LogP contribution in [0.1, 0.15) is 47.9 Å². The Balaban J connectivity index is 1.73. The van der Waals surface area contributed by atoms with Crippen molar-refractivity contribution in [3.05, 3.63) is 17.0 Å². The highest BCUT2D eigenvalue weighted by atomic mass is 19.4. The molecule has 128 valence electrons. The van der Waals surface area contributed by atoms with Gasteiger partial charge in [0.15, 0.2) is 0 Å². The van der Waals surface area contributed by atoms with E-state index in [-0.39, 0.29) is 37.9 Å². The molecule has 0 radical (unpaired) electrons. The summed E-state index contributed by atoms with van der Waals surface area (Å²) in [5.41, 5.74) is -0.873. The minimum atomic E-state index is -4.24. The van der Waals surface area contributed by atoms with Gasteiger partial charge in [-0.2, -0.15) is 18.3 Å². The molecule has 0 bridgehead atoms. The third kappa shape index (κ3) is 2.26. The number of nitrogens with zero attached hydrogens (tertiary/aromatic N) is 1. The first-order valence-corrected chi connectivity index (χ1v) is 7.74. The molecule has 1 aromatic heterocycles. The lowest BCUT2D eigenvalue weighted by Crippen LogP contribution is -2.38. The van der Waals surface area contributed by atoms with Gasteiger partial charge in [0.2, 0.25) is 0 Å². The summed E-state index contributed by atoms with van der Waals surface area (Å²) in [5.74, 6) is -0.300. The number of carbonyl (C=O) groups is 1. The Morgan fingerprint density at radius 1 is 1.39 bits per heavy atom. The smallest absolute Gasteiger partial charge is 0.351 e. The normalized spacial score (nSPS) is 29.7. The topological polar surface area (TPSA) is 69.8 Å². The van der Waals surface area contributed by atoms with Gasteiger partial charge in [-0.15, -0.1) is 0 Å². The van der Waals surface area contributed by atoms with Crippen molar-refractivity contribution in [3.63, 3.8) is 0 Å². The zero-order valence-corrected chi connectivity index (χ0v) is 13.4. The number of aromatic amines is 1. The summed E-state index contributed by atoms with van der Waals surface area (Å²) in [4.78, 5) is 12.5. The number of fused-ring (bicyclic) bond motifs is 1. The molecule has 3 N–H and O–H groups in total. The monoisotopic (exact) mass is 330 g/mol. The van der Waals surface area contributed by atoms with Crippen molar-refractivity contribution >= 4 is 5.91 Å². The molecule has 23 heavy (non-hydrogen) atoms. The van der Waals surface area contributed by atoms with Crippen LogP contribution in [0.4, 0.5) is 13.2 Å². The molecule has 2 fully saturated rings. The molecule has 2 aliphatic rings. The van der Waals surface area contributed by atoms with Crippen LogP contribution in [0, 0.1) is 17.8 Å². The Hall–Kier alpha value is -1.57. The van der Waals surface area contributed by atoms with E-state index in [4.69, 9.17) is 0 Å². The maximum absolute atomic E-state index is 13.3. The molecule has 5 nitrogen and oxygen atoms in total. The molecule has 0 aromatic carbocycles. The average Bonchev–Trinajstić information content (AvgIpc) is 2.77. The molecular formula is C15H21F3N4O. The second-order valence-corrected chi connectivity index (χ2v) is 7.09. The Kier molecular flexibility index (Phi) is 3.51. The first-order valence-electron chi connectivity index (χ1n) is 7.74. The van der Waals surface area contributed by atoms with Gasteiger partial charge in [-0.05, 0) is 19.3 Å². The summed E-state index contributed by atoms with van der Waals surface area (Å²) in [7, 11) is 0. The van der Waals surface area contributed by atoms with Crippen LogP contribution >= 0.6 is 0 Å². The summed E-state index contributed by atoms with van der Waals surface area (Å²) in [6.07, 6.45) is -4.16. The fourth-order valence-electron chi connectivity index (χ4n) is 3.82. The van der Waals surface area contributed by atoms with Crippen LogP contribution in [-0.2, 0) is 0 Å². The van der Waals surface area contributed by atoms with Crippen LogP contribution in [0.2, 0.25) is 0 Å². The first-order chi connectivity index (χ1) is 10.6. The van der Waals surface area contributed by atoms with Gasteiger partial charge in [0.05, 0.1) is 16.7 Å². The molecule has 0 spiro atoms. The van der Waals surface area contributed by atoms with Gasteiger partial charge < -0.3 is 10.6 Å². The van der Waals surface area contributed by atoms with Crippen molar-refractivity contribution in [2.24, 2.45) is 10.8 Å². The van der Waals surface area contributed by atoms with Crippen molar-refractivity contribution < 1.29 is 18.0 Å². The minimum Gasteiger partial charge on any atom is -0.351 e. The summed E-state index contributed by atoms with van der Waals surface area (Å²) in [6.45, 7) is 5.83. The van der Waals surface area contributed by atoms with Gasteiger partial charge in [0.1, 0.15) is 0 Å². The molecule has 1 amide bonds. The maximum Gasteiger partial charge on any atom is 0.396 e. The molecule has 1 saturated heterocycles. The van der Waals surface area contributed by atoms with E-state index >= 15 is 0 Å². The lowest BCUT2D eigenvalue weighted by molar-refractivity contribution is -0.190. The lowest BCUT2D eigenvalue weighted by atomic mass is 9.95. The summed E-state index contributed by atoms with van der Waals surface area (Å²) in [6, 6.07) is 0. The van der Waals surface area contributed by atoms with Crippen molar-refractivity contribution in [1.82, 2.24) is 20.8 Å². The number of amides is 1. The number of aromatic nitrogens is 2. The Bertz CT molecular complexity index is 639. The fraction of sp³-hybridized carbons (Fsp3) is 0.733. The molecule has 0 unspecified atom stereocenters. The summed E-state index contributed by atoms with van der Waals surface area (Å²) in [5, 5.41) is 12.4. The predicted molar refractivity (Wildman–Crippen MR) is 78.2 cm³/mol. The number of nitrogens with one attached hydrogen (secondary N) is 3. The van der Waals surface area contributed by atoms with E-state index < -0.39 is 17.0 Å². The third-order valence-corrected chi connectivity index (χ3v) is 5.30. The van der Waals surface area contributed by atoms with Gasteiger partial charge >= 0.3 is 6.18 Å². The molecular weight excluding hydrogens is 309 g/mol. The van der Waals surface area contributed by atoms with Gasteiger partial charge in [0, 0.05) is 30.7 Å². The number of hydrogen-bond acceptors (Lipinski definition) is 3. The molecule has 2 heterocycles. The van der Waals surface area contributed by atoms with Crippen LogP contribution in [0.25, 0.3) is 0 Å². The number of alkyl halides is 3. The quantitative estimate of drug-likeness (QED) is 0.792. The van der Waals surface area contributed by atoms with Crippen LogP contribution in [0.5, 0.6) is 0 Å². The summed E-state index contributed by atoms with van der Waals surface area (Å²) >= 11 is 0. The molecule has 1 aliphatic heterocycles. The number of piperidine rings is 1. The number of carbonyl (C=O) groups excluding carboxylic acids is 1.